The van der Waals surface area contributed by atoms with Crippen molar-refractivity contribution in [3.05, 3.63) is 53.1 Å². The van der Waals surface area contributed by atoms with Gasteiger partial charge in [0.15, 0.2) is 11.4 Å². The van der Waals surface area contributed by atoms with E-state index in [1.54, 1.807) is 18.2 Å². The van der Waals surface area contributed by atoms with Crippen molar-refractivity contribution >= 4 is 34.5 Å². The Morgan fingerprint density at radius 2 is 2.00 bits per heavy atom. The van der Waals surface area contributed by atoms with Crippen molar-refractivity contribution < 1.29 is 13.9 Å². The third-order valence-corrected chi connectivity index (χ3v) is 4.53. The molecule has 3 rings (SSSR count). The summed E-state index contributed by atoms with van der Waals surface area (Å²) in [5, 5.41) is 3.88. The van der Waals surface area contributed by atoms with E-state index >= 15 is 0 Å². The lowest BCUT2D eigenvalue weighted by Crippen LogP contribution is -2.17. The number of carbonyl (C=O) groups excluding carboxylic acids is 1. The molecule has 150 valence electrons. The second kappa shape index (κ2) is 10.7. The summed E-state index contributed by atoms with van der Waals surface area (Å²) in [6, 6.07) is 13.9. The number of para-hydroxylation sites is 2. The predicted octanol–water partition coefficient (Wildman–Crippen LogP) is 6.37. The third kappa shape index (κ3) is 5.99. The van der Waals surface area contributed by atoms with E-state index in [0.717, 1.165) is 23.9 Å². The average Bonchev–Trinajstić information content (AvgIpc) is 3.10. The molecule has 0 aliphatic carbocycles. The third-order valence-electron chi connectivity index (χ3n) is 4.29. The van der Waals surface area contributed by atoms with Gasteiger partial charge in [0.25, 0.3) is 6.01 Å². The molecule has 0 aliphatic heterocycles. The Labute approximate surface area is 171 Å². The SMILES string of the molecule is CCCC(CC)Nc1nc2ccccc2o1.COc1ccc(Cl)cc1C(C)=O. The first-order valence-corrected chi connectivity index (χ1v) is 9.82. The molecular weight excluding hydrogens is 376 g/mol. The number of fused-ring (bicyclic) bond motifs is 1. The Bertz CT molecular complexity index is 875. The molecule has 6 heteroatoms. The molecular formula is C22H27ClN2O3. The summed E-state index contributed by atoms with van der Waals surface area (Å²) in [4.78, 5) is 15.4. The zero-order valence-corrected chi connectivity index (χ0v) is 17.5. The summed E-state index contributed by atoms with van der Waals surface area (Å²) in [6.45, 7) is 5.85. The van der Waals surface area contributed by atoms with Crippen molar-refractivity contribution in [3.63, 3.8) is 0 Å². The first-order valence-electron chi connectivity index (χ1n) is 9.45. The number of halogens is 1. The van der Waals surface area contributed by atoms with Crippen LogP contribution in [0.3, 0.4) is 0 Å². The molecule has 0 radical (unpaired) electrons. The van der Waals surface area contributed by atoms with Crippen molar-refractivity contribution in [1.29, 1.82) is 0 Å². The zero-order chi connectivity index (χ0) is 20.5. The lowest BCUT2D eigenvalue weighted by atomic mass is 10.1. The minimum absolute atomic E-state index is 0.0469. The fourth-order valence-corrected chi connectivity index (χ4v) is 2.96. The summed E-state index contributed by atoms with van der Waals surface area (Å²) < 4.78 is 10.6. The smallest absolute Gasteiger partial charge is 0.295 e. The van der Waals surface area contributed by atoms with Crippen LogP contribution in [-0.4, -0.2) is 23.9 Å². The van der Waals surface area contributed by atoms with Crippen LogP contribution in [0.4, 0.5) is 6.01 Å². The molecule has 5 nitrogen and oxygen atoms in total. The van der Waals surface area contributed by atoms with Gasteiger partial charge in [0.05, 0.1) is 12.7 Å². The number of carbonyl (C=O) groups is 1. The van der Waals surface area contributed by atoms with Gasteiger partial charge >= 0.3 is 0 Å². The quantitative estimate of drug-likeness (QED) is 0.465. The van der Waals surface area contributed by atoms with E-state index in [1.165, 1.54) is 20.5 Å². The molecule has 28 heavy (non-hydrogen) atoms. The minimum Gasteiger partial charge on any atom is -0.496 e. The number of Topliss-reactive ketones (excluding diaryl/α,β-unsaturated/α-hetero) is 1. The van der Waals surface area contributed by atoms with Crippen molar-refractivity contribution in [1.82, 2.24) is 4.98 Å². The highest BCUT2D eigenvalue weighted by atomic mass is 35.5. The first kappa shape index (κ1) is 21.8. The van der Waals surface area contributed by atoms with Gasteiger partial charge in [-0.05, 0) is 50.1 Å². The van der Waals surface area contributed by atoms with Gasteiger partial charge in [-0.3, -0.25) is 4.79 Å². The number of ketones is 1. The standard InChI is InChI=1S/C13H18N2O.C9H9ClO2/c1-3-7-10(4-2)14-13-15-11-8-5-6-9-12(11)16-13;1-6(11)8-5-7(10)3-4-9(8)12-2/h5-6,8-10H,3-4,7H2,1-2H3,(H,14,15);3-5H,1-2H3. The van der Waals surface area contributed by atoms with Gasteiger partial charge < -0.3 is 14.5 Å². The van der Waals surface area contributed by atoms with Crippen molar-refractivity contribution in [3.8, 4) is 5.75 Å². The van der Waals surface area contributed by atoms with Gasteiger partial charge in [-0.15, -0.1) is 0 Å². The van der Waals surface area contributed by atoms with Crippen molar-refractivity contribution in [2.24, 2.45) is 0 Å². The maximum Gasteiger partial charge on any atom is 0.295 e. The van der Waals surface area contributed by atoms with Gasteiger partial charge in [-0.25, -0.2) is 0 Å². The number of hydrogen-bond acceptors (Lipinski definition) is 5. The van der Waals surface area contributed by atoms with E-state index in [9.17, 15) is 4.79 Å². The number of aromatic nitrogens is 1. The van der Waals surface area contributed by atoms with Crippen LogP contribution in [-0.2, 0) is 0 Å². The summed E-state index contributed by atoms with van der Waals surface area (Å²) in [5.41, 5.74) is 2.28. The van der Waals surface area contributed by atoms with Crippen LogP contribution in [0.25, 0.3) is 11.1 Å². The maximum absolute atomic E-state index is 11.0. The van der Waals surface area contributed by atoms with Crippen LogP contribution in [0, 0.1) is 0 Å². The van der Waals surface area contributed by atoms with Crippen molar-refractivity contribution in [2.75, 3.05) is 12.4 Å². The molecule has 0 aliphatic rings. The van der Waals surface area contributed by atoms with Crippen LogP contribution >= 0.6 is 11.6 Å². The summed E-state index contributed by atoms with van der Waals surface area (Å²) >= 11 is 5.71. The number of rotatable bonds is 7. The molecule has 1 atom stereocenters. The van der Waals surface area contributed by atoms with Crippen LogP contribution in [0.5, 0.6) is 5.75 Å². The molecule has 3 aromatic rings. The average molecular weight is 403 g/mol. The van der Waals surface area contributed by atoms with Crippen LogP contribution in [0.1, 0.15) is 50.4 Å². The summed E-state index contributed by atoms with van der Waals surface area (Å²) in [7, 11) is 1.52. The highest BCUT2D eigenvalue weighted by Crippen LogP contribution is 2.22. The number of anilines is 1. The van der Waals surface area contributed by atoms with Gasteiger partial charge in [-0.2, -0.15) is 4.98 Å². The Morgan fingerprint density at radius 1 is 1.25 bits per heavy atom. The molecule has 1 heterocycles. The molecule has 2 aromatic carbocycles. The zero-order valence-electron chi connectivity index (χ0n) is 16.8. The molecule has 1 N–H and O–H groups in total. The van der Waals surface area contributed by atoms with Crippen molar-refractivity contribution in [2.45, 2.75) is 46.1 Å². The Hall–Kier alpha value is -2.53. The molecule has 1 aromatic heterocycles. The number of ether oxygens (including phenoxy) is 1. The van der Waals surface area contributed by atoms with E-state index in [2.05, 4.69) is 24.1 Å². The Morgan fingerprint density at radius 3 is 2.61 bits per heavy atom. The largest absolute Gasteiger partial charge is 0.496 e. The predicted molar refractivity (Wildman–Crippen MR) is 115 cm³/mol. The number of nitrogens with one attached hydrogen (secondary N) is 1. The Kier molecular flexibility index (Phi) is 8.33. The number of benzene rings is 2. The highest BCUT2D eigenvalue weighted by Gasteiger charge is 2.10. The summed E-state index contributed by atoms with van der Waals surface area (Å²) in [5.74, 6) is 0.515. The Balaban J connectivity index is 0.000000209. The number of hydrogen-bond donors (Lipinski definition) is 1. The topological polar surface area (TPSA) is 64.4 Å². The monoisotopic (exact) mass is 402 g/mol. The summed E-state index contributed by atoms with van der Waals surface area (Å²) in [6.07, 6.45) is 3.41. The molecule has 0 fully saturated rings. The first-order chi connectivity index (χ1) is 13.5. The van der Waals surface area contributed by atoms with Crippen LogP contribution in [0.15, 0.2) is 46.9 Å². The lowest BCUT2D eigenvalue weighted by Gasteiger charge is -2.13. The van der Waals surface area contributed by atoms with E-state index < -0.39 is 0 Å². The van der Waals surface area contributed by atoms with E-state index in [4.69, 9.17) is 20.8 Å². The molecule has 0 amide bonds. The second-order valence-electron chi connectivity index (χ2n) is 6.43. The van der Waals surface area contributed by atoms with Crippen LogP contribution in [0.2, 0.25) is 5.02 Å². The number of nitrogens with zero attached hydrogens (tertiary/aromatic N) is 1. The normalized spacial score (nSPS) is 11.5. The molecule has 0 bridgehead atoms. The van der Waals surface area contributed by atoms with Gasteiger partial charge in [0, 0.05) is 11.1 Å². The molecule has 1 unspecified atom stereocenters. The van der Waals surface area contributed by atoms with Gasteiger partial charge in [0.1, 0.15) is 11.3 Å². The highest BCUT2D eigenvalue weighted by molar-refractivity contribution is 6.31. The minimum atomic E-state index is -0.0469. The fraction of sp³-hybridized carbons (Fsp3) is 0.364. The molecule has 0 saturated carbocycles. The van der Waals surface area contributed by atoms with Gasteiger partial charge in [0.2, 0.25) is 0 Å². The maximum atomic E-state index is 11.0. The molecule has 0 spiro atoms. The van der Waals surface area contributed by atoms with Crippen LogP contribution < -0.4 is 10.1 Å². The van der Waals surface area contributed by atoms with Gasteiger partial charge in [-0.1, -0.05) is 44.0 Å². The number of oxazole rings is 1. The lowest BCUT2D eigenvalue weighted by molar-refractivity contribution is 0.101. The second-order valence-corrected chi connectivity index (χ2v) is 6.86. The number of methoxy groups -OCH3 is 1. The fourth-order valence-electron chi connectivity index (χ4n) is 2.79. The van der Waals surface area contributed by atoms with E-state index in [1.807, 2.05) is 24.3 Å². The molecule has 0 saturated heterocycles. The van der Waals surface area contributed by atoms with E-state index in [0.29, 0.717) is 28.4 Å². The van der Waals surface area contributed by atoms with E-state index in [-0.39, 0.29) is 5.78 Å².